The summed E-state index contributed by atoms with van der Waals surface area (Å²) in [5, 5.41) is 58.8. The van der Waals surface area contributed by atoms with Crippen LogP contribution < -0.4 is 0 Å². The van der Waals surface area contributed by atoms with E-state index in [1.54, 1.807) is 34.6 Å². The Morgan fingerprint density at radius 1 is 0.926 bits per heavy atom. The molecule has 318 valence electrons. The molecule has 0 unspecified atom stereocenters. The number of esters is 1. The van der Waals surface area contributed by atoms with Crippen molar-refractivity contribution in [3.8, 4) is 0 Å². The molecule has 0 aromatic rings. The van der Waals surface area contributed by atoms with Crippen molar-refractivity contribution >= 4 is 5.97 Å². The van der Waals surface area contributed by atoms with Crippen LogP contribution in [0.5, 0.6) is 0 Å². The number of ether oxygens (including phenoxy) is 6. The van der Waals surface area contributed by atoms with Gasteiger partial charge in [-0.1, -0.05) is 27.7 Å². The third-order valence-electron chi connectivity index (χ3n) is 12.5. The highest BCUT2D eigenvalue weighted by molar-refractivity contribution is 5.73. The fourth-order valence-electron chi connectivity index (χ4n) is 9.19. The second kappa shape index (κ2) is 19.2. The SMILES string of the molecule is CCCN1C[C@H](C)C[C@@](C)(O)[C@H](O[C@@H]2O[C@H](C)C[C@H](N(C)C)[C@H]2O)[C@@H](C)[C@H](O[C@@H]2C[C@@](C)(OC)[C@@H](O)[C@H](C)O2)[C@@H](C)C(=O)O[C@H](CC)[C@@](C)(O)[C@H](O)[C@@H]1C. The van der Waals surface area contributed by atoms with Crippen LogP contribution in [0, 0.1) is 17.8 Å². The molecule has 3 aliphatic rings. The first kappa shape index (κ1) is 47.4. The first-order valence-corrected chi connectivity index (χ1v) is 20.2. The van der Waals surface area contributed by atoms with Gasteiger partial charge in [0.15, 0.2) is 12.6 Å². The number of hydrogen-bond donors (Lipinski definition) is 5. The van der Waals surface area contributed by atoms with Gasteiger partial charge in [-0.05, 0) is 101 Å². The third-order valence-corrected chi connectivity index (χ3v) is 12.5. The van der Waals surface area contributed by atoms with E-state index in [4.69, 9.17) is 28.4 Å². The van der Waals surface area contributed by atoms with E-state index in [1.807, 2.05) is 53.6 Å². The molecule has 0 spiro atoms. The summed E-state index contributed by atoms with van der Waals surface area (Å²) in [6, 6.07) is -0.790. The monoisotopic (exact) mass is 777 g/mol. The van der Waals surface area contributed by atoms with Gasteiger partial charge < -0.3 is 58.9 Å². The van der Waals surface area contributed by atoms with Crippen LogP contribution in [0.1, 0.15) is 108 Å². The van der Waals surface area contributed by atoms with Gasteiger partial charge in [0.1, 0.15) is 30.0 Å². The maximum atomic E-state index is 14.3. The van der Waals surface area contributed by atoms with Crippen molar-refractivity contribution in [2.24, 2.45) is 17.8 Å². The van der Waals surface area contributed by atoms with E-state index in [0.717, 1.165) is 6.42 Å². The number of likely N-dealkylation sites (N-methyl/N-ethyl adjacent to an activating group) is 1. The van der Waals surface area contributed by atoms with E-state index in [-0.39, 0.29) is 37.3 Å². The van der Waals surface area contributed by atoms with Crippen LogP contribution in [0.2, 0.25) is 0 Å². The molecular weight excluding hydrogens is 700 g/mol. The molecule has 3 aliphatic heterocycles. The first-order valence-electron chi connectivity index (χ1n) is 20.2. The Morgan fingerprint density at radius 2 is 1.56 bits per heavy atom. The highest BCUT2D eigenvalue weighted by atomic mass is 16.7. The number of rotatable bonds is 9. The molecule has 0 aromatic carbocycles. The minimum absolute atomic E-state index is 0.134. The fourth-order valence-corrected chi connectivity index (χ4v) is 9.19. The minimum atomic E-state index is -1.80. The van der Waals surface area contributed by atoms with Gasteiger partial charge in [0.2, 0.25) is 0 Å². The normalized spacial score (nSPS) is 48.2. The molecule has 54 heavy (non-hydrogen) atoms. The first-order chi connectivity index (χ1) is 24.9. The molecule has 3 fully saturated rings. The van der Waals surface area contributed by atoms with Gasteiger partial charge in [0.05, 0.1) is 41.5 Å². The van der Waals surface area contributed by atoms with E-state index in [9.17, 15) is 30.3 Å². The van der Waals surface area contributed by atoms with Crippen LogP contribution in [0.4, 0.5) is 0 Å². The summed E-state index contributed by atoms with van der Waals surface area (Å²) in [5.41, 5.74) is -4.38. The lowest BCUT2D eigenvalue weighted by atomic mass is 9.77. The van der Waals surface area contributed by atoms with Crippen LogP contribution in [-0.2, 0) is 33.2 Å². The highest BCUT2D eigenvalue weighted by Gasteiger charge is 2.52. The molecule has 14 nitrogen and oxygen atoms in total. The number of hydrogen-bond acceptors (Lipinski definition) is 14. The van der Waals surface area contributed by atoms with Gasteiger partial charge in [-0.3, -0.25) is 9.69 Å². The predicted molar refractivity (Wildman–Crippen MR) is 203 cm³/mol. The number of carbonyl (C=O) groups excluding carboxylic acids is 1. The molecule has 18 atom stereocenters. The van der Waals surface area contributed by atoms with Crippen molar-refractivity contribution in [1.82, 2.24) is 9.80 Å². The van der Waals surface area contributed by atoms with Gasteiger partial charge in [-0.15, -0.1) is 0 Å². The molecule has 0 aliphatic carbocycles. The molecule has 14 heteroatoms. The topological polar surface area (TPSA) is 180 Å². The predicted octanol–water partition coefficient (Wildman–Crippen LogP) is 2.68. The summed E-state index contributed by atoms with van der Waals surface area (Å²) >= 11 is 0. The zero-order chi connectivity index (χ0) is 41.1. The van der Waals surface area contributed by atoms with Crippen molar-refractivity contribution in [2.45, 2.75) is 199 Å². The number of methoxy groups -OCH3 is 1. The second-order valence-corrected chi connectivity index (χ2v) is 17.7. The minimum Gasteiger partial charge on any atom is -0.459 e. The summed E-state index contributed by atoms with van der Waals surface area (Å²) in [5.74, 6) is -2.57. The Bertz CT molecular complexity index is 1180. The molecule has 5 N–H and O–H groups in total. The third kappa shape index (κ3) is 10.7. The van der Waals surface area contributed by atoms with Crippen molar-refractivity contribution in [2.75, 3.05) is 34.3 Å². The van der Waals surface area contributed by atoms with Crippen LogP contribution in [0.25, 0.3) is 0 Å². The average Bonchev–Trinajstić information content (AvgIpc) is 3.09. The quantitative estimate of drug-likeness (QED) is 0.216. The number of aliphatic hydroxyl groups excluding tert-OH is 3. The summed E-state index contributed by atoms with van der Waals surface area (Å²) in [4.78, 5) is 18.3. The Hall–Kier alpha value is -1.01. The highest BCUT2D eigenvalue weighted by Crippen LogP contribution is 2.40. The standard InChI is InChI=1S/C40H76N2O12/c1-15-17-42-21-22(3)19-38(9,47)35(54-37-31(43)28(41(12)13)18-23(4)50-37)24(5)32(53-30-20-39(10,49-14)34(45)27(8)51-30)25(6)36(46)52-29(16-2)40(11,48)33(44)26(42)7/h22-35,37,43-45,47-48H,15-21H2,1-14H3/t22-,23-,24+,25-,26+,27+,28+,29-,30-,31-,32+,33-,34+,35-,37+,38-,39-,40-/m1/s1. The van der Waals surface area contributed by atoms with Crippen molar-refractivity contribution < 1.29 is 58.7 Å². The van der Waals surface area contributed by atoms with Crippen LogP contribution in [0.3, 0.4) is 0 Å². The summed E-state index contributed by atoms with van der Waals surface area (Å²) in [6.45, 7) is 20.9. The zero-order valence-corrected chi connectivity index (χ0v) is 35.6. The number of aliphatic hydroxyl groups is 5. The summed E-state index contributed by atoms with van der Waals surface area (Å²) in [6.07, 6.45) is -7.39. The Labute approximate surface area is 324 Å². The molecule has 0 radical (unpaired) electrons. The van der Waals surface area contributed by atoms with Crippen LogP contribution >= 0.6 is 0 Å². The summed E-state index contributed by atoms with van der Waals surface area (Å²) in [7, 11) is 5.29. The molecule has 0 amide bonds. The Morgan fingerprint density at radius 3 is 2.11 bits per heavy atom. The molecule has 3 saturated heterocycles. The zero-order valence-electron chi connectivity index (χ0n) is 35.6. The second-order valence-electron chi connectivity index (χ2n) is 17.7. The van der Waals surface area contributed by atoms with Gasteiger partial charge >= 0.3 is 5.97 Å². The smallest absolute Gasteiger partial charge is 0.311 e. The Kier molecular flexibility index (Phi) is 16.8. The summed E-state index contributed by atoms with van der Waals surface area (Å²) < 4.78 is 37.7. The lowest BCUT2D eigenvalue weighted by molar-refractivity contribution is -0.318. The van der Waals surface area contributed by atoms with Crippen LogP contribution in [0.15, 0.2) is 0 Å². The molecular formula is C40H76N2O12. The van der Waals surface area contributed by atoms with E-state index >= 15 is 0 Å². The molecule has 3 rings (SSSR count). The molecule has 3 heterocycles. The number of nitrogens with zero attached hydrogens (tertiary/aromatic N) is 2. The molecule has 0 aromatic heterocycles. The van der Waals surface area contributed by atoms with Crippen molar-refractivity contribution in [3.63, 3.8) is 0 Å². The van der Waals surface area contributed by atoms with Gasteiger partial charge in [-0.25, -0.2) is 0 Å². The van der Waals surface area contributed by atoms with Crippen LogP contribution in [-0.4, -0.2) is 166 Å². The van der Waals surface area contributed by atoms with E-state index < -0.39 is 96.0 Å². The maximum Gasteiger partial charge on any atom is 0.311 e. The van der Waals surface area contributed by atoms with Crippen molar-refractivity contribution in [1.29, 1.82) is 0 Å². The largest absolute Gasteiger partial charge is 0.459 e. The maximum absolute atomic E-state index is 14.3. The molecule has 0 bridgehead atoms. The van der Waals surface area contributed by atoms with Gasteiger partial charge in [0, 0.05) is 38.1 Å². The number of carbonyl (C=O) groups is 1. The van der Waals surface area contributed by atoms with E-state index in [1.165, 1.54) is 14.0 Å². The van der Waals surface area contributed by atoms with E-state index in [0.29, 0.717) is 19.5 Å². The van der Waals surface area contributed by atoms with Gasteiger partial charge in [-0.2, -0.15) is 0 Å². The lowest BCUT2D eigenvalue weighted by Gasteiger charge is -2.48. The van der Waals surface area contributed by atoms with Crippen molar-refractivity contribution in [3.05, 3.63) is 0 Å². The Balaban J connectivity index is 2.20. The average molecular weight is 777 g/mol. The van der Waals surface area contributed by atoms with E-state index in [2.05, 4.69) is 4.90 Å². The lowest BCUT2D eigenvalue weighted by Crippen LogP contribution is -2.60. The number of cyclic esters (lactones) is 1. The van der Waals surface area contributed by atoms with Gasteiger partial charge in [0.25, 0.3) is 0 Å². The fraction of sp³-hybridized carbons (Fsp3) is 0.975. The molecule has 0 saturated carbocycles.